The van der Waals surface area contributed by atoms with Crippen molar-refractivity contribution in [2.45, 2.75) is 30.2 Å². The quantitative estimate of drug-likeness (QED) is 0.898. The van der Waals surface area contributed by atoms with E-state index < -0.39 is 10.0 Å². The van der Waals surface area contributed by atoms with Crippen LogP contribution in [0.2, 0.25) is 0 Å². The van der Waals surface area contributed by atoms with E-state index >= 15 is 0 Å². The molecule has 0 aromatic carbocycles. The number of halogens is 1. The van der Waals surface area contributed by atoms with Gasteiger partial charge >= 0.3 is 0 Å². The third-order valence-corrected chi connectivity index (χ3v) is 5.24. The van der Waals surface area contributed by atoms with Gasteiger partial charge in [-0.3, -0.25) is 4.98 Å². The first-order chi connectivity index (χ1) is 8.99. The molecule has 0 aliphatic carbocycles. The third-order valence-electron chi connectivity index (χ3n) is 3.42. The summed E-state index contributed by atoms with van der Waals surface area (Å²) in [6.07, 6.45) is 6.31. The molecular weight excluding hydrogens is 330 g/mol. The molecule has 2 heterocycles. The van der Waals surface area contributed by atoms with Gasteiger partial charge in [0.15, 0.2) is 0 Å². The van der Waals surface area contributed by atoms with E-state index in [-0.39, 0.29) is 10.9 Å². The lowest BCUT2D eigenvalue weighted by molar-refractivity contribution is 0.187. The van der Waals surface area contributed by atoms with E-state index in [4.69, 9.17) is 0 Å². The topological polar surface area (TPSA) is 62.3 Å². The highest BCUT2D eigenvalue weighted by atomic mass is 79.9. The summed E-state index contributed by atoms with van der Waals surface area (Å²) < 4.78 is 27.6. The largest absolute Gasteiger partial charge is 0.302 e. The molecule has 0 radical (unpaired) electrons. The molecule has 7 heteroatoms. The Labute approximate surface area is 122 Å². The molecule has 1 aliphatic heterocycles. The fourth-order valence-corrected chi connectivity index (χ4v) is 3.81. The number of pyridine rings is 1. The van der Waals surface area contributed by atoms with Crippen molar-refractivity contribution in [3.8, 4) is 0 Å². The van der Waals surface area contributed by atoms with Crippen molar-refractivity contribution >= 4 is 26.0 Å². The summed E-state index contributed by atoms with van der Waals surface area (Å²) in [4.78, 5) is 6.29. The molecule has 1 saturated heterocycles. The number of rotatable bonds is 4. The maximum Gasteiger partial charge on any atom is 0.242 e. The molecule has 1 fully saturated rings. The zero-order valence-corrected chi connectivity index (χ0v) is 13.2. The van der Waals surface area contributed by atoms with Crippen LogP contribution in [0.3, 0.4) is 0 Å². The Morgan fingerprint density at radius 1 is 1.47 bits per heavy atom. The fourth-order valence-electron chi connectivity index (χ4n) is 2.23. The van der Waals surface area contributed by atoms with Crippen LogP contribution in [0, 0.1) is 0 Å². The lowest BCUT2D eigenvalue weighted by atomic mass is 10.0. The van der Waals surface area contributed by atoms with Crippen LogP contribution in [-0.2, 0) is 10.0 Å². The first kappa shape index (κ1) is 14.9. The highest BCUT2D eigenvalue weighted by Gasteiger charge is 2.22. The van der Waals surface area contributed by atoms with Crippen molar-refractivity contribution in [3.05, 3.63) is 22.9 Å². The van der Waals surface area contributed by atoms with Crippen molar-refractivity contribution in [2.75, 3.05) is 20.1 Å². The van der Waals surface area contributed by atoms with Gasteiger partial charge in [-0.05, 0) is 48.4 Å². The van der Waals surface area contributed by atoms with Gasteiger partial charge in [-0.2, -0.15) is 0 Å². The zero-order valence-electron chi connectivity index (χ0n) is 10.8. The summed E-state index contributed by atoms with van der Waals surface area (Å²) >= 11 is 3.23. The SMILES string of the molecule is CN1CCCCC1CNS(=O)(=O)c1cncc(Br)c1. The van der Waals surface area contributed by atoms with E-state index in [2.05, 4.69) is 30.5 Å². The maximum atomic E-state index is 12.1. The average Bonchev–Trinajstić information content (AvgIpc) is 2.38. The number of hydrogen-bond donors (Lipinski definition) is 1. The Balaban J connectivity index is 2.01. The molecular formula is C12H18BrN3O2S. The Bertz CT molecular complexity index is 536. The molecule has 0 saturated carbocycles. The van der Waals surface area contributed by atoms with E-state index in [0.29, 0.717) is 11.0 Å². The van der Waals surface area contributed by atoms with Gasteiger partial charge in [-0.15, -0.1) is 0 Å². The standard InChI is InChI=1S/C12H18BrN3O2S/c1-16-5-3-2-4-11(16)8-15-19(17,18)12-6-10(13)7-14-9-12/h6-7,9,11,15H,2-5,8H2,1H3. The summed E-state index contributed by atoms with van der Waals surface area (Å²) in [5, 5.41) is 0. The summed E-state index contributed by atoms with van der Waals surface area (Å²) in [6.45, 7) is 1.48. The minimum Gasteiger partial charge on any atom is -0.302 e. The summed E-state index contributed by atoms with van der Waals surface area (Å²) in [5.41, 5.74) is 0. The number of likely N-dealkylation sites (tertiary alicyclic amines) is 1. The number of hydrogen-bond acceptors (Lipinski definition) is 4. The predicted octanol–water partition coefficient (Wildman–Crippen LogP) is 1.61. The molecule has 1 atom stereocenters. The number of nitrogens with one attached hydrogen (secondary N) is 1. The van der Waals surface area contributed by atoms with Crippen LogP contribution in [0.5, 0.6) is 0 Å². The van der Waals surface area contributed by atoms with Crippen LogP contribution < -0.4 is 4.72 Å². The number of nitrogens with zero attached hydrogens (tertiary/aromatic N) is 2. The summed E-state index contributed by atoms with van der Waals surface area (Å²) in [7, 11) is -1.43. The smallest absolute Gasteiger partial charge is 0.242 e. The molecule has 1 unspecified atom stereocenters. The van der Waals surface area contributed by atoms with Gasteiger partial charge in [0, 0.05) is 29.5 Å². The van der Waals surface area contributed by atoms with E-state index in [9.17, 15) is 8.42 Å². The van der Waals surface area contributed by atoms with Crippen molar-refractivity contribution in [2.24, 2.45) is 0 Å². The lowest BCUT2D eigenvalue weighted by Gasteiger charge is -2.32. The van der Waals surface area contributed by atoms with E-state index in [1.807, 2.05) is 7.05 Å². The summed E-state index contributed by atoms with van der Waals surface area (Å²) in [6, 6.07) is 1.84. The molecule has 19 heavy (non-hydrogen) atoms. The van der Waals surface area contributed by atoms with Gasteiger partial charge in [-0.1, -0.05) is 6.42 Å². The van der Waals surface area contributed by atoms with Crippen LogP contribution in [0.15, 0.2) is 27.8 Å². The monoisotopic (exact) mass is 347 g/mol. The Kier molecular flexibility index (Phi) is 4.94. The highest BCUT2D eigenvalue weighted by molar-refractivity contribution is 9.10. The number of sulfonamides is 1. The van der Waals surface area contributed by atoms with E-state index in [0.717, 1.165) is 19.4 Å². The van der Waals surface area contributed by atoms with Gasteiger partial charge < -0.3 is 4.90 Å². The zero-order chi connectivity index (χ0) is 13.9. The van der Waals surface area contributed by atoms with Crippen molar-refractivity contribution in [1.82, 2.24) is 14.6 Å². The van der Waals surface area contributed by atoms with Crippen LogP contribution in [0.25, 0.3) is 0 Å². The van der Waals surface area contributed by atoms with Gasteiger partial charge in [0.25, 0.3) is 0 Å². The first-order valence-corrected chi connectivity index (χ1v) is 8.57. The second-order valence-corrected chi connectivity index (χ2v) is 7.50. The maximum absolute atomic E-state index is 12.1. The van der Waals surface area contributed by atoms with Crippen molar-refractivity contribution in [3.63, 3.8) is 0 Å². The number of piperidine rings is 1. The number of aromatic nitrogens is 1. The normalized spacial score (nSPS) is 21.5. The van der Waals surface area contributed by atoms with Crippen LogP contribution in [0.4, 0.5) is 0 Å². The molecule has 2 rings (SSSR count). The van der Waals surface area contributed by atoms with Crippen LogP contribution in [-0.4, -0.2) is 44.5 Å². The van der Waals surface area contributed by atoms with Crippen molar-refractivity contribution in [1.29, 1.82) is 0 Å². The van der Waals surface area contributed by atoms with Gasteiger partial charge in [0.05, 0.1) is 0 Å². The van der Waals surface area contributed by atoms with Gasteiger partial charge in [-0.25, -0.2) is 13.1 Å². The second kappa shape index (κ2) is 6.30. The average molecular weight is 348 g/mol. The lowest BCUT2D eigenvalue weighted by Crippen LogP contribution is -2.44. The molecule has 0 amide bonds. The molecule has 5 nitrogen and oxygen atoms in total. The van der Waals surface area contributed by atoms with Gasteiger partial charge in [0.2, 0.25) is 10.0 Å². The van der Waals surface area contributed by atoms with Gasteiger partial charge in [0.1, 0.15) is 4.90 Å². The van der Waals surface area contributed by atoms with E-state index in [1.165, 1.54) is 12.6 Å². The molecule has 1 aromatic heterocycles. The molecule has 106 valence electrons. The Hall–Kier alpha value is -0.500. The first-order valence-electron chi connectivity index (χ1n) is 6.29. The number of likely N-dealkylation sites (N-methyl/N-ethyl adjacent to an activating group) is 1. The fraction of sp³-hybridized carbons (Fsp3) is 0.583. The minimum absolute atomic E-state index is 0.195. The second-order valence-electron chi connectivity index (χ2n) is 4.82. The molecule has 0 bridgehead atoms. The predicted molar refractivity (Wildman–Crippen MR) is 77.4 cm³/mol. The van der Waals surface area contributed by atoms with E-state index in [1.54, 1.807) is 12.3 Å². The molecule has 1 aliphatic rings. The van der Waals surface area contributed by atoms with Crippen LogP contribution in [0.1, 0.15) is 19.3 Å². The minimum atomic E-state index is -3.47. The molecule has 1 aromatic rings. The Morgan fingerprint density at radius 3 is 2.95 bits per heavy atom. The highest BCUT2D eigenvalue weighted by Crippen LogP contribution is 2.16. The Morgan fingerprint density at radius 2 is 2.26 bits per heavy atom. The summed E-state index contributed by atoms with van der Waals surface area (Å²) in [5.74, 6) is 0. The molecule has 0 spiro atoms. The van der Waals surface area contributed by atoms with Crippen LogP contribution >= 0.6 is 15.9 Å². The third kappa shape index (κ3) is 3.98. The molecule has 1 N–H and O–H groups in total. The van der Waals surface area contributed by atoms with Crippen molar-refractivity contribution < 1.29 is 8.42 Å².